The standard InChI is InChI=1S/C20H24N6O4/c1-12-6-5-7-17(26-20(29)25(4)23-24-26)16(12)11-30-18-9-8-15(10-13(18)2)19(28)22-21-14(3)27/h5-10,20,29H,11H2,1-4H3,(H,21,27)(H,22,28). The van der Waals surface area contributed by atoms with E-state index in [2.05, 4.69) is 21.3 Å². The highest BCUT2D eigenvalue weighted by Gasteiger charge is 2.28. The number of carbonyl (C=O) groups is 2. The highest BCUT2D eigenvalue weighted by Crippen LogP contribution is 2.30. The van der Waals surface area contributed by atoms with Crippen molar-refractivity contribution in [3.8, 4) is 5.75 Å². The molecule has 3 rings (SSSR count). The summed E-state index contributed by atoms with van der Waals surface area (Å²) < 4.78 is 6.00. The Kier molecular flexibility index (Phi) is 6.17. The van der Waals surface area contributed by atoms with E-state index >= 15 is 0 Å². The molecule has 0 saturated heterocycles. The summed E-state index contributed by atoms with van der Waals surface area (Å²) >= 11 is 0. The molecule has 0 radical (unpaired) electrons. The van der Waals surface area contributed by atoms with Crippen LogP contribution < -0.4 is 20.6 Å². The molecule has 0 spiro atoms. The quantitative estimate of drug-likeness (QED) is 0.646. The van der Waals surface area contributed by atoms with Gasteiger partial charge >= 0.3 is 0 Å². The number of ether oxygens (including phenoxy) is 1. The molecule has 2 aromatic rings. The first-order valence-corrected chi connectivity index (χ1v) is 9.28. The van der Waals surface area contributed by atoms with Crippen LogP contribution in [0.4, 0.5) is 5.69 Å². The Labute approximate surface area is 174 Å². The van der Waals surface area contributed by atoms with Gasteiger partial charge in [-0.1, -0.05) is 12.1 Å². The number of nitrogens with one attached hydrogen (secondary N) is 2. The number of hydrogen-bond acceptors (Lipinski definition) is 8. The van der Waals surface area contributed by atoms with E-state index < -0.39 is 12.3 Å². The normalized spacial score (nSPS) is 15.3. The van der Waals surface area contributed by atoms with Gasteiger partial charge < -0.3 is 9.84 Å². The number of aliphatic hydroxyl groups excluding tert-OH is 1. The van der Waals surface area contributed by atoms with Crippen LogP contribution in [0, 0.1) is 13.8 Å². The van der Waals surface area contributed by atoms with Gasteiger partial charge in [0.1, 0.15) is 12.4 Å². The molecular weight excluding hydrogens is 388 g/mol. The molecule has 0 aromatic heterocycles. The van der Waals surface area contributed by atoms with E-state index in [1.54, 1.807) is 25.2 Å². The molecule has 10 nitrogen and oxygen atoms in total. The smallest absolute Gasteiger partial charge is 0.269 e. The molecule has 30 heavy (non-hydrogen) atoms. The number of hydrogen-bond donors (Lipinski definition) is 3. The highest BCUT2D eigenvalue weighted by atomic mass is 16.5. The van der Waals surface area contributed by atoms with Crippen LogP contribution in [0.3, 0.4) is 0 Å². The Hall–Kier alpha value is -3.66. The lowest BCUT2D eigenvalue weighted by Crippen LogP contribution is -2.40. The number of carbonyl (C=O) groups excluding carboxylic acids is 2. The van der Waals surface area contributed by atoms with Crippen LogP contribution in [0.5, 0.6) is 5.75 Å². The molecule has 0 aliphatic carbocycles. The van der Waals surface area contributed by atoms with Gasteiger partial charge in [0.15, 0.2) is 0 Å². The third-order valence-electron chi connectivity index (χ3n) is 4.62. The topological polar surface area (TPSA) is 119 Å². The maximum absolute atomic E-state index is 12.1. The van der Waals surface area contributed by atoms with E-state index in [-0.39, 0.29) is 12.5 Å². The zero-order valence-electron chi connectivity index (χ0n) is 17.2. The van der Waals surface area contributed by atoms with Crippen LogP contribution in [-0.4, -0.2) is 35.3 Å². The fraction of sp³-hybridized carbons (Fsp3) is 0.300. The lowest BCUT2D eigenvalue weighted by atomic mass is 10.1. The predicted molar refractivity (Wildman–Crippen MR) is 109 cm³/mol. The number of anilines is 1. The molecule has 1 atom stereocenters. The fourth-order valence-electron chi connectivity index (χ4n) is 2.94. The molecule has 2 amide bonds. The Morgan fingerprint density at radius 1 is 1.13 bits per heavy atom. The molecular formula is C20H24N6O4. The maximum Gasteiger partial charge on any atom is 0.269 e. The SMILES string of the molecule is CC(=O)NNC(=O)c1ccc(OCc2c(C)cccc2N2N=NN(C)C2O)c(C)c1. The summed E-state index contributed by atoms with van der Waals surface area (Å²) in [4.78, 5) is 23.0. The van der Waals surface area contributed by atoms with Gasteiger partial charge in [-0.05, 0) is 59.7 Å². The molecule has 3 N–H and O–H groups in total. The van der Waals surface area contributed by atoms with Crippen molar-refractivity contribution >= 4 is 17.5 Å². The Morgan fingerprint density at radius 3 is 2.53 bits per heavy atom. The molecule has 0 saturated carbocycles. The predicted octanol–water partition coefficient (Wildman–Crippen LogP) is 1.97. The number of hydrazine groups is 1. The number of aliphatic hydroxyl groups is 1. The van der Waals surface area contributed by atoms with Crippen molar-refractivity contribution in [3.05, 3.63) is 58.7 Å². The summed E-state index contributed by atoms with van der Waals surface area (Å²) in [6, 6.07) is 10.7. The van der Waals surface area contributed by atoms with Crippen molar-refractivity contribution in [1.82, 2.24) is 15.9 Å². The molecule has 0 bridgehead atoms. The van der Waals surface area contributed by atoms with Gasteiger partial charge in [-0.2, -0.15) is 5.01 Å². The molecule has 1 unspecified atom stereocenters. The van der Waals surface area contributed by atoms with Crippen LogP contribution in [0.25, 0.3) is 0 Å². The molecule has 1 aliphatic heterocycles. The number of aryl methyl sites for hydroxylation is 2. The molecule has 1 aliphatic rings. The third kappa shape index (κ3) is 4.49. The van der Waals surface area contributed by atoms with E-state index in [1.807, 2.05) is 32.0 Å². The number of amides is 2. The van der Waals surface area contributed by atoms with Crippen LogP contribution in [0.2, 0.25) is 0 Å². The Morgan fingerprint density at radius 2 is 1.90 bits per heavy atom. The minimum absolute atomic E-state index is 0.239. The summed E-state index contributed by atoms with van der Waals surface area (Å²) in [5.41, 5.74) is 8.28. The minimum atomic E-state index is -0.992. The van der Waals surface area contributed by atoms with Gasteiger partial charge in [0, 0.05) is 25.1 Å². The van der Waals surface area contributed by atoms with E-state index in [0.29, 0.717) is 17.0 Å². The maximum atomic E-state index is 12.1. The van der Waals surface area contributed by atoms with Gasteiger partial charge in [-0.15, -0.1) is 0 Å². The average Bonchev–Trinajstić information content (AvgIpc) is 3.04. The minimum Gasteiger partial charge on any atom is -0.489 e. The second-order valence-corrected chi connectivity index (χ2v) is 6.92. The summed E-state index contributed by atoms with van der Waals surface area (Å²) in [6.07, 6.45) is -0.992. The van der Waals surface area contributed by atoms with E-state index in [1.165, 1.54) is 16.9 Å². The molecule has 10 heteroatoms. The fourth-order valence-corrected chi connectivity index (χ4v) is 2.94. The number of rotatable bonds is 5. The van der Waals surface area contributed by atoms with Crippen molar-refractivity contribution in [2.45, 2.75) is 33.7 Å². The Bertz CT molecular complexity index is 993. The van der Waals surface area contributed by atoms with E-state index in [9.17, 15) is 14.7 Å². The average molecular weight is 412 g/mol. The summed E-state index contributed by atoms with van der Waals surface area (Å²) in [5, 5.41) is 20.9. The summed E-state index contributed by atoms with van der Waals surface area (Å²) in [5.74, 6) is -0.164. The monoisotopic (exact) mass is 412 g/mol. The van der Waals surface area contributed by atoms with Gasteiger partial charge in [-0.25, -0.2) is 5.01 Å². The first-order chi connectivity index (χ1) is 14.3. The Balaban J connectivity index is 1.75. The first kappa shape index (κ1) is 21.1. The highest BCUT2D eigenvalue weighted by molar-refractivity contribution is 5.95. The molecule has 2 aromatic carbocycles. The second-order valence-electron chi connectivity index (χ2n) is 6.92. The third-order valence-corrected chi connectivity index (χ3v) is 4.62. The molecule has 158 valence electrons. The number of nitrogens with zero attached hydrogens (tertiary/aromatic N) is 4. The zero-order valence-corrected chi connectivity index (χ0v) is 17.2. The van der Waals surface area contributed by atoms with Crippen molar-refractivity contribution in [1.29, 1.82) is 0 Å². The number of benzene rings is 2. The molecule has 1 heterocycles. The van der Waals surface area contributed by atoms with E-state index in [4.69, 9.17) is 4.74 Å². The van der Waals surface area contributed by atoms with Crippen molar-refractivity contribution in [3.63, 3.8) is 0 Å². The van der Waals surface area contributed by atoms with Crippen molar-refractivity contribution in [2.75, 3.05) is 12.1 Å². The van der Waals surface area contributed by atoms with E-state index in [0.717, 1.165) is 16.7 Å². The zero-order chi connectivity index (χ0) is 21.8. The van der Waals surface area contributed by atoms with Crippen LogP contribution in [0.1, 0.15) is 34.0 Å². The lowest BCUT2D eigenvalue weighted by molar-refractivity contribution is -0.119. The summed E-state index contributed by atoms with van der Waals surface area (Å²) in [7, 11) is 1.63. The van der Waals surface area contributed by atoms with Crippen LogP contribution in [-0.2, 0) is 11.4 Å². The van der Waals surface area contributed by atoms with Crippen molar-refractivity contribution in [2.24, 2.45) is 10.4 Å². The van der Waals surface area contributed by atoms with Crippen molar-refractivity contribution < 1.29 is 19.4 Å². The van der Waals surface area contributed by atoms with Gasteiger partial charge in [0.05, 0.1) is 5.69 Å². The second kappa shape index (κ2) is 8.78. The van der Waals surface area contributed by atoms with Crippen LogP contribution >= 0.6 is 0 Å². The van der Waals surface area contributed by atoms with Crippen LogP contribution in [0.15, 0.2) is 46.8 Å². The van der Waals surface area contributed by atoms with Gasteiger partial charge in [0.2, 0.25) is 12.3 Å². The van der Waals surface area contributed by atoms with Gasteiger partial charge in [0.25, 0.3) is 5.91 Å². The largest absolute Gasteiger partial charge is 0.489 e. The lowest BCUT2D eigenvalue weighted by Gasteiger charge is -2.23. The molecule has 0 fully saturated rings. The first-order valence-electron chi connectivity index (χ1n) is 9.28. The summed E-state index contributed by atoms with van der Waals surface area (Å²) in [6.45, 7) is 5.33. The van der Waals surface area contributed by atoms with Gasteiger partial charge in [-0.3, -0.25) is 20.4 Å².